The SMILES string of the molecule is CC1=C(C(=O)OC(Cl)C(Cl)Cl)N2C(=O)C(NC(=O)C(Cl)(Cl)Cl)C2SC1. The Morgan fingerprint density at radius 3 is 2.44 bits per heavy atom. The molecule has 3 unspecified atom stereocenters. The van der Waals surface area contributed by atoms with Gasteiger partial charge in [0.1, 0.15) is 17.1 Å². The molecule has 0 bridgehead atoms. The molecule has 2 rings (SSSR count). The lowest BCUT2D eigenvalue weighted by atomic mass is 10.0. The van der Waals surface area contributed by atoms with Crippen molar-refractivity contribution in [1.29, 1.82) is 0 Å². The van der Waals surface area contributed by atoms with Crippen molar-refractivity contribution in [1.82, 2.24) is 10.2 Å². The fraction of sp³-hybridized carbons (Fsp3) is 0.583. The molecule has 13 heteroatoms. The summed E-state index contributed by atoms with van der Waals surface area (Å²) >= 11 is 34.6. The van der Waals surface area contributed by atoms with Crippen molar-refractivity contribution in [3.63, 3.8) is 0 Å². The van der Waals surface area contributed by atoms with Gasteiger partial charge >= 0.3 is 5.97 Å². The molecule has 1 saturated heterocycles. The highest BCUT2D eigenvalue weighted by Crippen LogP contribution is 2.41. The predicted octanol–water partition coefficient (Wildman–Crippen LogP) is 2.94. The first-order chi connectivity index (χ1) is 11.4. The van der Waals surface area contributed by atoms with E-state index in [1.54, 1.807) is 6.92 Å². The smallest absolute Gasteiger partial charge is 0.356 e. The Balaban J connectivity index is 2.14. The first-order valence-corrected chi connectivity index (χ1v) is 10.1. The topological polar surface area (TPSA) is 75.7 Å². The molecule has 0 aromatic carbocycles. The van der Waals surface area contributed by atoms with Gasteiger partial charge in [-0.1, -0.05) is 69.6 Å². The summed E-state index contributed by atoms with van der Waals surface area (Å²) in [6, 6.07) is -0.926. The average Bonchev–Trinajstić information content (AvgIpc) is 2.50. The highest BCUT2D eigenvalue weighted by atomic mass is 35.6. The standard InChI is InChI=1S/C12H10Cl6N2O4S/c1-3-2-25-9-4(19-11(23)12(16,17)18)8(21)20(9)5(3)10(22)24-7(15)6(13)14/h4,6-7,9H,2H2,1H3,(H,19,23). The Hall–Kier alpha value is 0.240. The molecule has 140 valence electrons. The van der Waals surface area contributed by atoms with Crippen LogP contribution in [0, 0.1) is 0 Å². The van der Waals surface area contributed by atoms with E-state index in [1.807, 2.05) is 0 Å². The van der Waals surface area contributed by atoms with Crippen LogP contribution in [0.1, 0.15) is 6.92 Å². The normalized spacial score (nSPS) is 24.6. The number of hydrogen-bond acceptors (Lipinski definition) is 5. The van der Waals surface area contributed by atoms with Crippen LogP contribution in [0.15, 0.2) is 11.3 Å². The van der Waals surface area contributed by atoms with E-state index in [0.717, 1.165) is 0 Å². The first kappa shape index (κ1) is 21.5. The number of β-lactam (4-membered cyclic amide) rings is 1. The van der Waals surface area contributed by atoms with Crippen molar-refractivity contribution in [2.75, 3.05) is 5.75 Å². The van der Waals surface area contributed by atoms with Gasteiger partial charge in [-0.3, -0.25) is 14.5 Å². The number of esters is 1. The minimum atomic E-state index is -2.20. The van der Waals surface area contributed by atoms with Gasteiger partial charge in [-0.15, -0.1) is 11.8 Å². The molecule has 0 aliphatic carbocycles. The van der Waals surface area contributed by atoms with E-state index in [9.17, 15) is 14.4 Å². The molecular weight excluding hydrogens is 481 g/mol. The van der Waals surface area contributed by atoms with Crippen LogP contribution in [0.2, 0.25) is 0 Å². The highest BCUT2D eigenvalue weighted by Gasteiger charge is 2.55. The number of thioether (sulfide) groups is 1. The molecule has 2 amide bonds. The number of halogens is 6. The quantitative estimate of drug-likeness (QED) is 0.372. The lowest BCUT2D eigenvalue weighted by molar-refractivity contribution is -0.153. The maximum absolute atomic E-state index is 12.4. The third-order valence-corrected chi connectivity index (χ3v) is 6.31. The zero-order valence-electron chi connectivity index (χ0n) is 12.3. The molecule has 6 nitrogen and oxygen atoms in total. The molecule has 0 aromatic rings. The van der Waals surface area contributed by atoms with Gasteiger partial charge in [-0.25, -0.2) is 4.79 Å². The lowest BCUT2D eigenvalue weighted by Gasteiger charge is -2.49. The number of ether oxygens (including phenoxy) is 1. The molecule has 0 spiro atoms. The molecule has 0 radical (unpaired) electrons. The number of nitrogens with zero attached hydrogens (tertiary/aromatic N) is 1. The van der Waals surface area contributed by atoms with Crippen molar-refractivity contribution >= 4 is 99.2 Å². The summed E-state index contributed by atoms with van der Waals surface area (Å²) in [5.74, 6) is -1.88. The Labute approximate surface area is 177 Å². The summed E-state index contributed by atoms with van der Waals surface area (Å²) in [6.07, 6.45) is 0. The fourth-order valence-corrected chi connectivity index (χ4v) is 3.84. The molecule has 2 heterocycles. The number of fused-ring (bicyclic) bond motifs is 1. The van der Waals surface area contributed by atoms with Crippen LogP contribution in [0.4, 0.5) is 0 Å². The maximum Gasteiger partial charge on any atom is 0.356 e. The van der Waals surface area contributed by atoms with E-state index in [4.69, 9.17) is 74.3 Å². The number of carbonyl (C=O) groups is 3. The van der Waals surface area contributed by atoms with E-state index >= 15 is 0 Å². The second-order valence-corrected chi connectivity index (χ2v) is 10.1. The van der Waals surface area contributed by atoms with Gasteiger partial charge in [0, 0.05) is 5.75 Å². The molecule has 1 N–H and O–H groups in total. The zero-order chi connectivity index (χ0) is 19.1. The predicted molar refractivity (Wildman–Crippen MR) is 99.2 cm³/mol. The van der Waals surface area contributed by atoms with Crippen molar-refractivity contribution in [3.8, 4) is 0 Å². The zero-order valence-corrected chi connectivity index (χ0v) is 17.6. The fourth-order valence-electron chi connectivity index (χ4n) is 2.19. The van der Waals surface area contributed by atoms with Gasteiger partial charge in [0.25, 0.3) is 15.6 Å². The van der Waals surface area contributed by atoms with Crippen molar-refractivity contribution in [3.05, 3.63) is 11.3 Å². The summed E-state index contributed by atoms with van der Waals surface area (Å²) in [6.45, 7) is 1.67. The largest absolute Gasteiger partial charge is 0.438 e. The third kappa shape index (κ3) is 4.57. The van der Waals surface area contributed by atoms with Gasteiger partial charge < -0.3 is 10.1 Å². The Morgan fingerprint density at radius 1 is 1.32 bits per heavy atom. The van der Waals surface area contributed by atoms with Gasteiger partial charge in [0.2, 0.25) is 5.56 Å². The Morgan fingerprint density at radius 2 is 1.92 bits per heavy atom. The Bertz CT molecular complexity index is 638. The Kier molecular flexibility index (Phi) is 6.97. The minimum absolute atomic E-state index is 0.0350. The lowest BCUT2D eigenvalue weighted by Crippen LogP contribution is -2.71. The second-order valence-electron chi connectivity index (χ2n) is 5.08. The van der Waals surface area contributed by atoms with E-state index < -0.39 is 43.4 Å². The summed E-state index contributed by atoms with van der Waals surface area (Å²) < 4.78 is 2.74. The molecule has 2 aliphatic rings. The van der Waals surface area contributed by atoms with Crippen LogP contribution >= 0.6 is 81.4 Å². The van der Waals surface area contributed by atoms with Gasteiger partial charge in [0.05, 0.1) is 0 Å². The summed E-state index contributed by atoms with van der Waals surface area (Å²) in [4.78, 5) is 36.5. The van der Waals surface area contributed by atoms with Crippen molar-refractivity contribution in [2.45, 2.75) is 32.5 Å². The number of rotatable bonds is 4. The van der Waals surface area contributed by atoms with E-state index in [2.05, 4.69) is 5.32 Å². The van der Waals surface area contributed by atoms with E-state index in [-0.39, 0.29) is 5.70 Å². The van der Waals surface area contributed by atoms with E-state index in [1.165, 1.54) is 16.7 Å². The highest BCUT2D eigenvalue weighted by molar-refractivity contribution is 8.00. The number of alkyl halides is 6. The molecule has 25 heavy (non-hydrogen) atoms. The van der Waals surface area contributed by atoms with Gasteiger partial charge in [-0.05, 0) is 12.5 Å². The summed E-state index contributed by atoms with van der Waals surface area (Å²) in [5.41, 5.74) is -0.636. The number of amides is 2. The molecule has 3 atom stereocenters. The molecule has 0 aromatic heterocycles. The first-order valence-electron chi connectivity index (χ1n) is 6.60. The maximum atomic E-state index is 12.4. The summed E-state index contributed by atoms with van der Waals surface area (Å²) in [5, 5.41) is 1.81. The van der Waals surface area contributed by atoms with Crippen LogP contribution in [-0.2, 0) is 19.1 Å². The van der Waals surface area contributed by atoms with Crippen LogP contribution in [0.25, 0.3) is 0 Å². The number of carbonyl (C=O) groups excluding carboxylic acids is 3. The van der Waals surface area contributed by atoms with Gasteiger partial charge in [0.15, 0.2) is 4.84 Å². The van der Waals surface area contributed by atoms with Crippen molar-refractivity contribution < 1.29 is 19.1 Å². The molecule has 0 saturated carbocycles. The van der Waals surface area contributed by atoms with E-state index in [0.29, 0.717) is 11.3 Å². The van der Waals surface area contributed by atoms with Crippen LogP contribution in [0.3, 0.4) is 0 Å². The van der Waals surface area contributed by atoms with Crippen molar-refractivity contribution in [2.24, 2.45) is 0 Å². The molecule has 1 fully saturated rings. The summed E-state index contributed by atoms with van der Waals surface area (Å²) in [7, 11) is 0. The van der Waals surface area contributed by atoms with Crippen LogP contribution in [-0.4, -0.2) is 54.0 Å². The number of nitrogens with one attached hydrogen (secondary N) is 1. The number of hydrogen-bond donors (Lipinski definition) is 1. The minimum Gasteiger partial charge on any atom is -0.438 e. The monoisotopic (exact) mass is 488 g/mol. The van der Waals surface area contributed by atoms with Gasteiger partial charge in [-0.2, -0.15) is 0 Å². The third-order valence-electron chi connectivity index (χ3n) is 3.31. The molecule has 2 aliphatic heterocycles. The molecular formula is C12H10Cl6N2O4S. The van der Waals surface area contributed by atoms with Crippen LogP contribution < -0.4 is 5.32 Å². The van der Waals surface area contributed by atoms with Crippen LogP contribution in [0.5, 0.6) is 0 Å². The average molecular weight is 491 g/mol. The second kappa shape index (κ2) is 8.09.